The summed E-state index contributed by atoms with van der Waals surface area (Å²) in [5.74, 6) is -3.06. The number of aliphatic carboxylic acids is 1. The second-order valence-corrected chi connectivity index (χ2v) is 8.68. The Bertz CT molecular complexity index is 714. The molecule has 4 atom stereocenters. The van der Waals surface area contributed by atoms with Crippen molar-refractivity contribution in [1.29, 1.82) is 0 Å². The van der Waals surface area contributed by atoms with Crippen LogP contribution in [0.2, 0.25) is 0 Å². The molecule has 0 aliphatic heterocycles. The molecule has 0 unspecified atom stereocenters. The number of amides is 5. The molecule has 0 bridgehead atoms. The van der Waals surface area contributed by atoms with Crippen LogP contribution in [0.3, 0.4) is 0 Å². The Morgan fingerprint density at radius 3 is 1.61 bits per heavy atom. The van der Waals surface area contributed by atoms with Crippen molar-refractivity contribution in [3.8, 4) is 0 Å². The number of urea groups is 1. The Morgan fingerprint density at radius 2 is 1.17 bits per heavy atom. The molecule has 36 heavy (non-hydrogen) atoms. The van der Waals surface area contributed by atoms with Gasteiger partial charge in [-0.3, -0.25) is 14.4 Å². The van der Waals surface area contributed by atoms with Crippen LogP contribution in [0.5, 0.6) is 0 Å². The number of unbranched alkanes of at least 4 members (excludes halogenated alkanes) is 2. The van der Waals surface area contributed by atoms with E-state index in [0.717, 1.165) is 0 Å². The average Bonchev–Trinajstić information content (AvgIpc) is 2.83. The van der Waals surface area contributed by atoms with E-state index in [9.17, 15) is 29.1 Å². The number of nitrogens with one attached hydrogen (secondary N) is 4. The summed E-state index contributed by atoms with van der Waals surface area (Å²) in [7, 11) is 0. The lowest BCUT2D eigenvalue weighted by Gasteiger charge is -2.25. The number of nitrogens with two attached hydrogens (primary N) is 4. The van der Waals surface area contributed by atoms with E-state index < -0.39 is 53.9 Å². The van der Waals surface area contributed by atoms with Crippen LogP contribution in [0, 0.1) is 0 Å². The van der Waals surface area contributed by atoms with Crippen molar-refractivity contribution in [1.82, 2.24) is 21.3 Å². The highest BCUT2D eigenvalue weighted by atomic mass is 32.1. The minimum atomic E-state index is -1.21. The zero-order valence-corrected chi connectivity index (χ0v) is 21.4. The summed E-state index contributed by atoms with van der Waals surface area (Å²) in [4.78, 5) is 60.8. The molecule has 13 N–H and O–H groups in total. The first-order valence-electron chi connectivity index (χ1n) is 12.0. The van der Waals surface area contributed by atoms with Crippen LogP contribution in [0.15, 0.2) is 0 Å². The lowest BCUT2D eigenvalue weighted by Crippen LogP contribution is -2.57. The topological polar surface area (TPSA) is 258 Å². The second-order valence-electron chi connectivity index (χ2n) is 8.31. The van der Waals surface area contributed by atoms with Crippen LogP contribution in [0.4, 0.5) is 4.79 Å². The summed E-state index contributed by atoms with van der Waals surface area (Å²) in [6.45, 7) is 0.929. The Balaban J connectivity index is 5.51. The molecular formula is C21H42N8O6S. The Hall–Kier alpha value is -2.62. The zero-order valence-electron chi connectivity index (χ0n) is 20.5. The molecule has 5 amide bonds. The van der Waals surface area contributed by atoms with Crippen molar-refractivity contribution < 1.29 is 29.1 Å². The van der Waals surface area contributed by atoms with Crippen molar-refractivity contribution in [2.45, 2.75) is 75.5 Å². The largest absolute Gasteiger partial charge is 0.480 e. The summed E-state index contributed by atoms with van der Waals surface area (Å²) in [5, 5.41) is 19.5. The number of primary amides is 1. The Morgan fingerprint density at radius 1 is 0.722 bits per heavy atom. The van der Waals surface area contributed by atoms with Crippen LogP contribution < -0.4 is 44.2 Å². The van der Waals surface area contributed by atoms with Crippen LogP contribution in [-0.4, -0.2) is 84.4 Å². The first-order valence-corrected chi connectivity index (χ1v) is 12.6. The van der Waals surface area contributed by atoms with Crippen molar-refractivity contribution >= 4 is 42.4 Å². The highest BCUT2D eigenvalue weighted by Gasteiger charge is 2.29. The van der Waals surface area contributed by atoms with Crippen molar-refractivity contribution in [3.05, 3.63) is 0 Å². The second kappa shape index (κ2) is 19.6. The lowest BCUT2D eigenvalue weighted by molar-refractivity contribution is -0.142. The molecule has 0 aromatic rings. The lowest BCUT2D eigenvalue weighted by atomic mass is 10.0. The number of carbonyl (C=O) groups is 5. The van der Waals surface area contributed by atoms with Gasteiger partial charge in [-0.15, -0.1) is 0 Å². The van der Waals surface area contributed by atoms with Gasteiger partial charge in [-0.25, -0.2) is 9.59 Å². The van der Waals surface area contributed by atoms with Crippen molar-refractivity contribution in [2.75, 3.05) is 25.4 Å². The fourth-order valence-corrected chi connectivity index (χ4v) is 3.37. The van der Waals surface area contributed by atoms with Gasteiger partial charge in [-0.1, -0.05) is 0 Å². The smallest absolute Gasteiger partial charge is 0.326 e. The van der Waals surface area contributed by atoms with Gasteiger partial charge in [0.1, 0.15) is 18.1 Å². The summed E-state index contributed by atoms with van der Waals surface area (Å²) < 4.78 is 0. The van der Waals surface area contributed by atoms with E-state index in [1.165, 1.54) is 0 Å². The number of carbonyl (C=O) groups excluding carboxylic acids is 4. The maximum absolute atomic E-state index is 13.1. The number of hydrogen-bond acceptors (Lipinski definition) is 9. The van der Waals surface area contributed by atoms with Crippen molar-refractivity contribution in [3.63, 3.8) is 0 Å². The van der Waals surface area contributed by atoms with Crippen LogP contribution >= 0.6 is 12.6 Å². The molecule has 0 heterocycles. The van der Waals surface area contributed by atoms with Gasteiger partial charge in [0, 0.05) is 12.3 Å². The van der Waals surface area contributed by atoms with E-state index in [4.69, 9.17) is 22.9 Å². The molecule has 0 spiro atoms. The predicted octanol–water partition coefficient (Wildman–Crippen LogP) is -2.51. The van der Waals surface area contributed by atoms with Gasteiger partial charge in [0.25, 0.3) is 0 Å². The first kappa shape index (κ1) is 33.4. The van der Waals surface area contributed by atoms with Gasteiger partial charge >= 0.3 is 12.0 Å². The van der Waals surface area contributed by atoms with Crippen LogP contribution in [0.25, 0.3) is 0 Å². The van der Waals surface area contributed by atoms with Gasteiger partial charge < -0.3 is 49.3 Å². The summed E-state index contributed by atoms with van der Waals surface area (Å²) >= 11 is 3.99. The van der Waals surface area contributed by atoms with Gasteiger partial charge in [-0.05, 0) is 64.5 Å². The highest BCUT2D eigenvalue weighted by molar-refractivity contribution is 7.80. The van der Waals surface area contributed by atoms with Gasteiger partial charge in [-0.2, -0.15) is 12.6 Å². The Labute approximate surface area is 216 Å². The van der Waals surface area contributed by atoms with E-state index in [0.29, 0.717) is 38.8 Å². The van der Waals surface area contributed by atoms with E-state index in [1.807, 2.05) is 0 Å². The molecule has 0 aliphatic carbocycles. The fourth-order valence-electron chi connectivity index (χ4n) is 3.20. The summed E-state index contributed by atoms with van der Waals surface area (Å²) in [5.41, 5.74) is 21.7. The average molecular weight is 535 g/mol. The Kier molecular flexibility index (Phi) is 18.1. The molecule has 0 saturated heterocycles. The molecule has 15 heteroatoms. The summed E-state index contributed by atoms with van der Waals surface area (Å²) in [6.07, 6.45) is 3.00. The number of carboxylic acids is 1. The third kappa shape index (κ3) is 14.7. The predicted molar refractivity (Wildman–Crippen MR) is 138 cm³/mol. The van der Waals surface area contributed by atoms with E-state index >= 15 is 0 Å². The van der Waals surface area contributed by atoms with Crippen molar-refractivity contribution in [2.24, 2.45) is 22.9 Å². The van der Waals surface area contributed by atoms with Gasteiger partial charge in [0.05, 0.1) is 6.04 Å². The molecule has 0 saturated carbocycles. The van der Waals surface area contributed by atoms with Gasteiger partial charge in [0.2, 0.25) is 17.7 Å². The first-order chi connectivity index (χ1) is 17.1. The normalized spacial score (nSPS) is 14.1. The molecule has 0 fully saturated rings. The highest BCUT2D eigenvalue weighted by Crippen LogP contribution is 2.07. The molecule has 0 radical (unpaired) electrons. The maximum atomic E-state index is 13.1. The SMILES string of the molecule is NCCCC[C@H](NC(=O)[C@H](CCCNC(N)=O)NC(=O)[C@H](CCCCN)NC(=O)[C@@H](N)CS)C(=O)O. The monoisotopic (exact) mass is 534 g/mol. The third-order valence-electron chi connectivity index (χ3n) is 5.28. The number of thiol groups is 1. The third-order valence-corrected chi connectivity index (χ3v) is 5.67. The van der Waals surface area contributed by atoms with E-state index in [-0.39, 0.29) is 38.0 Å². The van der Waals surface area contributed by atoms with Crippen LogP contribution in [0.1, 0.15) is 51.4 Å². The molecule has 0 aromatic heterocycles. The van der Waals surface area contributed by atoms with E-state index in [2.05, 4.69) is 33.9 Å². The quantitative estimate of drug-likeness (QED) is 0.0583. The molecular weight excluding hydrogens is 492 g/mol. The number of hydrogen-bond donors (Lipinski definition) is 10. The molecule has 14 nitrogen and oxygen atoms in total. The van der Waals surface area contributed by atoms with E-state index in [1.54, 1.807) is 0 Å². The fraction of sp³-hybridized carbons (Fsp3) is 0.762. The maximum Gasteiger partial charge on any atom is 0.326 e. The molecule has 208 valence electrons. The summed E-state index contributed by atoms with van der Waals surface area (Å²) in [6, 6.07) is -4.96. The molecule has 0 rings (SSSR count). The standard InChI is InChI=1S/C21H42N8O6S/c22-9-3-1-6-14(27-17(30)13(24)12-36)18(31)28-15(8-5-11-26-21(25)35)19(32)29-16(20(33)34)7-2-4-10-23/h13-16,36H,1-12,22-24H2,(H,27,30)(H,28,31)(H,29,32)(H,33,34)(H3,25,26,35)/t13-,14-,15-,16-/m0/s1. The van der Waals surface area contributed by atoms with Crippen LogP contribution in [-0.2, 0) is 19.2 Å². The molecule has 0 aliphatic rings. The number of rotatable bonds is 20. The molecule has 0 aromatic carbocycles. The van der Waals surface area contributed by atoms with Gasteiger partial charge in [0.15, 0.2) is 0 Å². The minimum Gasteiger partial charge on any atom is -0.480 e. The number of carboxylic acid groups (broad SMARTS) is 1. The minimum absolute atomic E-state index is 0.0710. The zero-order chi connectivity index (χ0) is 27.5.